The van der Waals surface area contributed by atoms with Crippen molar-refractivity contribution in [3.63, 3.8) is 0 Å². The fourth-order valence-corrected chi connectivity index (χ4v) is 3.72. The summed E-state index contributed by atoms with van der Waals surface area (Å²) in [4.78, 5) is 14.1. The lowest BCUT2D eigenvalue weighted by molar-refractivity contribution is -0.111. The lowest BCUT2D eigenvalue weighted by atomic mass is 10.1. The number of fused-ring (bicyclic) bond motifs is 1. The Bertz CT molecular complexity index is 1450. The van der Waals surface area contributed by atoms with Crippen LogP contribution in [0.5, 0.6) is 0 Å². The van der Waals surface area contributed by atoms with Crippen LogP contribution in [-0.2, 0) is 18.4 Å². The highest BCUT2D eigenvalue weighted by Crippen LogP contribution is 2.24. The van der Waals surface area contributed by atoms with Gasteiger partial charge in [-0.15, -0.1) is 0 Å². The predicted molar refractivity (Wildman–Crippen MR) is 129 cm³/mol. The van der Waals surface area contributed by atoms with E-state index in [9.17, 15) is 9.18 Å². The smallest absolute Gasteiger partial charge is 0.248 e. The van der Waals surface area contributed by atoms with Crippen molar-refractivity contribution in [2.75, 3.05) is 5.32 Å². The van der Waals surface area contributed by atoms with Crippen molar-refractivity contribution in [2.45, 2.75) is 6.54 Å². The third-order valence-corrected chi connectivity index (χ3v) is 5.37. The van der Waals surface area contributed by atoms with Crippen LogP contribution < -0.4 is 5.32 Å². The number of carbonyl (C=O) groups is 1. The number of halogens is 1. The molecule has 3 aromatic carbocycles. The summed E-state index contributed by atoms with van der Waals surface area (Å²) in [5.41, 5.74) is 5.79. The number of nitrogens with zero attached hydrogens (tertiary/aromatic N) is 5. The molecule has 1 amide bonds. The summed E-state index contributed by atoms with van der Waals surface area (Å²) < 4.78 is 15.0. The van der Waals surface area contributed by atoms with Gasteiger partial charge in [-0.1, -0.05) is 24.3 Å². The Morgan fingerprint density at radius 3 is 2.32 bits per heavy atom. The Hall–Kier alpha value is -4.59. The fourth-order valence-electron chi connectivity index (χ4n) is 3.72. The van der Waals surface area contributed by atoms with Crippen LogP contribution in [0.2, 0.25) is 0 Å². The maximum Gasteiger partial charge on any atom is 0.248 e. The first-order chi connectivity index (χ1) is 16.5. The van der Waals surface area contributed by atoms with Crippen molar-refractivity contribution in [1.29, 1.82) is 0 Å². The molecule has 2 heterocycles. The van der Waals surface area contributed by atoms with Crippen molar-refractivity contribution >= 4 is 28.7 Å². The van der Waals surface area contributed by atoms with Gasteiger partial charge in [-0.25, -0.2) is 4.39 Å². The Balaban J connectivity index is 1.24. The van der Waals surface area contributed by atoms with Gasteiger partial charge in [0.25, 0.3) is 0 Å². The highest BCUT2D eigenvalue weighted by molar-refractivity contribution is 6.02. The molecule has 0 fully saturated rings. The first kappa shape index (κ1) is 21.3. The Morgan fingerprint density at radius 1 is 0.971 bits per heavy atom. The molecule has 168 valence electrons. The minimum absolute atomic E-state index is 0.262. The molecule has 5 rings (SSSR count). The molecule has 8 heteroatoms. The summed E-state index contributed by atoms with van der Waals surface area (Å²) in [6, 6.07) is 21.5. The molecule has 0 radical (unpaired) electrons. The highest BCUT2D eigenvalue weighted by atomic mass is 19.1. The van der Waals surface area contributed by atoms with E-state index in [4.69, 9.17) is 0 Å². The van der Waals surface area contributed by atoms with Crippen molar-refractivity contribution in [1.82, 2.24) is 24.8 Å². The van der Waals surface area contributed by atoms with E-state index in [2.05, 4.69) is 20.6 Å². The Kier molecular flexibility index (Phi) is 5.70. The molecule has 1 N–H and O–H groups in total. The molecule has 34 heavy (non-hydrogen) atoms. The first-order valence-electron chi connectivity index (χ1n) is 10.7. The first-order valence-corrected chi connectivity index (χ1v) is 10.7. The molecule has 5 aromatic rings. The molecule has 0 aliphatic rings. The van der Waals surface area contributed by atoms with E-state index in [0.29, 0.717) is 12.2 Å². The van der Waals surface area contributed by atoms with Gasteiger partial charge in [-0.3, -0.25) is 9.48 Å². The normalized spacial score (nSPS) is 11.4. The molecule has 0 spiro atoms. The van der Waals surface area contributed by atoms with Crippen LogP contribution in [0.1, 0.15) is 11.1 Å². The number of carbonyl (C=O) groups excluding carboxylic acids is 1. The maximum atomic E-state index is 13.3. The molecule has 0 saturated heterocycles. The fraction of sp³-hybridized carbons (Fsp3) is 0.0769. The summed E-state index contributed by atoms with van der Waals surface area (Å²) in [6.07, 6.45) is 4.82. The molecule has 2 aromatic heterocycles. The van der Waals surface area contributed by atoms with Crippen LogP contribution >= 0.6 is 0 Å². The monoisotopic (exact) mass is 452 g/mol. The molecule has 7 nitrogen and oxygen atoms in total. The van der Waals surface area contributed by atoms with Gasteiger partial charge in [0, 0.05) is 29.9 Å². The number of aromatic nitrogens is 5. The van der Waals surface area contributed by atoms with E-state index in [0.717, 1.165) is 33.4 Å². The largest absolute Gasteiger partial charge is 0.323 e. The van der Waals surface area contributed by atoms with Gasteiger partial charge < -0.3 is 5.32 Å². The van der Waals surface area contributed by atoms with Crippen LogP contribution in [-0.4, -0.2) is 30.7 Å². The third kappa shape index (κ3) is 4.61. The van der Waals surface area contributed by atoms with Crippen LogP contribution in [0.25, 0.3) is 28.4 Å². The van der Waals surface area contributed by atoms with Gasteiger partial charge in [0.1, 0.15) is 16.9 Å². The Labute approximate surface area is 195 Å². The number of benzene rings is 3. The third-order valence-electron chi connectivity index (χ3n) is 5.37. The van der Waals surface area contributed by atoms with Crippen molar-refractivity contribution in [3.05, 3.63) is 102 Å². The van der Waals surface area contributed by atoms with E-state index in [1.165, 1.54) is 18.2 Å². The summed E-state index contributed by atoms with van der Waals surface area (Å²) in [7, 11) is 1.80. The summed E-state index contributed by atoms with van der Waals surface area (Å²) in [6.45, 7) is 0.538. The lowest BCUT2D eigenvalue weighted by Gasteiger charge is -2.05. The number of aryl methyl sites for hydroxylation is 1. The van der Waals surface area contributed by atoms with E-state index >= 15 is 0 Å². The molecular weight excluding hydrogens is 431 g/mol. The zero-order chi connectivity index (χ0) is 23.5. The van der Waals surface area contributed by atoms with Crippen LogP contribution in [0.3, 0.4) is 0 Å². The molecule has 0 unspecified atom stereocenters. The summed E-state index contributed by atoms with van der Waals surface area (Å²) in [5, 5.41) is 16.1. The van der Waals surface area contributed by atoms with Gasteiger partial charge in [0.15, 0.2) is 0 Å². The topological polar surface area (TPSA) is 77.6 Å². The molecule has 0 atom stereocenters. The van der Waals surface area contributed by atoms with E-state index in [-0.39, 0.29) is 11.7 Å². The zero-order valence-electron chi connectivity index (χ0n) is 18.4. The van der Waals surface area contributed by atoms with E-state index in [1.807, 2.05) is 48.5 Å². The van der Waals surface area contributed by atoms with Gasteiger partial charge in [-0.2, -0.15) is 20.1 Å². The van der Waals surface area contributed by atoms with Crippen LogP contribution in [0.15, 0.2) is 85.1 Å². The van der Waals surface area contributed by atoms with Crippen molar-refractivity contribution < 1.29 is 9.18 Å². The average Bonchev–Trinajstić information content (AvgIpc) is 3.42. The van der Waals surface area contributed by atoms with Gasteiger partial charge >= 0.3 is 0 Å². The zero-order valence-corrected chi connectivity index (χ0v) is 18.4. The minimum Gasteiger partial charge on any atom is -0.323 e. The molecule has 0 bridgehead atoms. The van der Waals surface area contributed by atoms with E-state index in [1.54, 1.807) is 40.9 Å². The Morgan fingerprint density at radius 2 is 1.65 bits per heavy atom. The average molecular weight is 452 g/mol. The molecular formula is C26H21FN6O. The second-order valence-corrected chi connectivity index (χ2v) is 7.82. The van der Waals surface area contributed by atoms with Gasteiger partial charge in [-0.05, 0) is 60.2 Å². The second-order valence-electron chi connectivity index (χ2n) is 7.82. The van der Waals surface area contributed by atoms with Crippen molar-refractivity contribution in [2.24, 2.45) is 7.05 Å². The summed E-state index contributed by atoms with van der Waals surface area (Å²) >= 11 is 0. The summed E-state index contributed by atoms with van der Waals surface area (Å²) in [5.74, 6) is -0.565. The number of anilines is 1. The predicted octanol–water partition coefficient (Wildman–Crippen LogP) is 4.67. The molecule has 0 aliphatic heterocycles. The number of nitrogens with one attached hydrogen (secondary N) is 1. The number of hydrogen-bond acceptors (Lipinski definition) is 4. The minimum atomic E-state index is -0.303. The second kappa shape index (κ2) is 9.11. The SMILES string of the molecule is Cn1ncc(C=CC(=O)Nc2ccc(Cn3nc4ccccc4n3)cc2)c1-c1ccc(F)cc1. The lowest BCUT2D eigenvalue weighted by Crippen LogP contribution is -2.08. The van der Waals surface area contributed by atoms with Gasteiger partial charge in [0.2, 0.25) is 5.91 Å². The number of rotatable bonds is 6. The highest BCUT2D eigenvalue weighted by Gasteiger charge is 2.10. The van der Waals surface area contributed by atoms with Crippen LogP contribution in [0, 0.1) is 5.82 Å². The number of amides is 1. The van der Waals surface area contributed by atoms with Crippen molar-refractivity contribution in [3.8, 4) is 11.3 Å². The van der Waals surface area contributed by atoms with Crippen LogP contribution in [0.4, 0.5) is 10.1 Å². The quantitative estimate of drug-likeness (QED) is 0.380. The van der Waals surface area contributed by atoms with E-state index < -0.39 is 0 Å². The molecule has 0 aliphatic carbocycles. The molecule has 0 saturated carbocycles. The standard InChI is InChI=1S/C26H21FN6O/c1-32-26(19-8-11-21(27)12-9-19)20(16-28-32)10-15-25(34)29-22-13-6-18(7-14-22)17-33-30-23-4-2-3-5-24(23)31-33/h2-16H,17H2,1H3,(H,29,34). The number of hydrogen-bond donors (Lipinski definition) is 1. The van der Waals surface area contributed by atoms with Gasteiger partial charge in [0.05, 0.1) is 18.4 Å². The maximum absolute atomic E-state index is 13.3.